The van der Waals surface area contributed by atoms with E-state index < -0.39 is 86.9 Å². The number of likely N-dealkylation sites (N-methyl/N-ethyl adjacent to an activating group) is 1. The van der Waals surface area contributed by atoms with Gasteiger partial charge in [-0.1, -0.05) is 36.4 Å². The predicted molar refractivity (Wildman–Crippen MR) is 169 cm³/mol. The largest absolute Gasteiger partial charge is 0.505 e. The highest BCUT2D eigenvalue weighted by molar-refractivity contribution is 7.19. The molecule has 8 atom stereocenters. The maximum absolute atomic E-state index is 14.6. The number of hydrogen-bond acceptors (Lipinski definition) is 14. The number of ketones is 4. The van der Waals surface area contributed by atoms with Crippen LogP contribution in [0.5, 0.6) is 5.75 Å². The Hall–Kier alpha value is -4.82. The van der Waals surface area contributed by atoms with Crippen LogP contribution in [-0.4, -0.2) is 81.5 Å². The first-order valence-corrected chi connectivity index (χ1v) is 15.2. The van der Waals surface area contributed by atoms with E-state index in [-0.39, 0.29) is 11.3 Å². The van der Waals surface area contributed by atoms with Gasteiger partial charge in [0, 0.05) is 4.88 Å². The summed E-state index contributed by atoms with van der Waals surface area (Å²) in [6.45, 7) is 0. The molecule has 242 valence electrons. The highest BCUT2D eigenvalue weighted by Gasteiger charge is 2.83. The van der Waals surface area contributed by atoms with E-state index in [2.05, 4.69) is 5.32 Å². The normalized spacial score (nSPS) is 33.1. The highest BCUT2D eigenvalue weighted by atomic mass is 32.1. The number of anilines is 2. The van der Waals surface area contributed by atoms with Crippen LogP contribution in [0, 0.1) is 28.6 Å². The van der Waals surface area contributed by atoms with Crippen LogP contribution in [0.4, 0.5) is 10.7 Å². The van der Waals surface area contributed by atoms with Crippen molar-refractivity contribution in [3.8, 4) is 22.3 Å². The van der Waals surface area contributed by atoms with E-state index in [0.717, 1.165) is 15.3 Å². The van der Waals surface area contributed by atoms with E-state index >= 15 is 0 Å². The summed E-state index contributed by atoms with van der Waals surface area (Å²) in [5, 5.41) is 37.7. The Morgan fingerprint density at radius 3 is 2.28 bits per heavy atom. The number of nitrogens with one attached hydrogen (secondary N) is 1. The zero-order valence-corrected chi connectivity index (χ0v) is 25.9. The van der Waals surface area contributed by atoms with Crippen molar-refractivity contribution in [3.63, 3.8) is 0 Å². The molecular formula is C32H31N7O7S. The molecule has 47 heavy (non-hydrogen) atoms. The number of amides is 1. The summed E-state index contributed by atoms with van der Waals surface area (Å²) in [5.41, 5.74) is 17.6. The molecule has 3 aliphatic carbocycles. The molecule has 0 saturated heterocycles. The first-order valence-electron chi connectivity index (χ1n) is 14.4. The van der Waals surface area contributed by atoms with Crippen LogP contribution in [-0.2, 0) is 19.2 Å². The number of nitrogens with two attached hydrogens (primary N) is 4. The fourth-order valence-corrected chi connectivity index (χ4v) is 8.57. The molecule has 0 aliphatic heterocycles. The molecule has 3 aromatic rings. The highest BCUT2D eigenvalue weighted by Crippen LogP contribution is 2.58. The molecule has 2 saturated carbocycles. The molecule has 2 aromatic carbocycles. The number of aromatic hydroxyl groups is 1. The number of hydrogen-bond donors (Lipinski definition) is 7. The second-order valence-corrected chi connectivity index (χ2v) is 13.5. The SMILES string of the molecule is CN(C)[C@@H]1C(=O)C(C(N)=O)C(=O)[C@@]2(C#N)C(=O)C3C(=O)c4c(ccc(Nc5ccc(-c6ccccc6)s5)c4O)[C@H](N)[C@@]3(N)[C@H](O)[C@@]12N. The number of nitrogens with zero attached hydrogens (tertiary/aromatic N) is 2. The number of primary amides is 1. The van der Waals surface area contributed by atoms with E-state index in [1.165, 1.54) is 37.6 Å². The Balaban J connectivity index is 1.50. The molecular weight excluding hydrogens is 626 g/mol. The van der Waals surface area contributed by atoms with Crippen molar-refractivity contribution < 1.29 is 34.2 Å². The van der Waals surface area contributed by atoms with Gasteiger partial charge in [0.25, 0.3) is 0 Å². The maximum Gasteiger partial charge on any atom is 0.235 e. The van der Waals surface area contributed by atoms with Gasteiger partial charge in [-0.15, -0.1) is 11.3 Å². The van der Waals surface area contributed by atoms with Crippen LogP contribution in [0.2, 0.25) is 0 Å². The zero-order valence-electron chi connectivity index (χ0n) is 25.1. The van der Waals surface area contributed by atoms with Crippen LogP contribution < -0.4 is 28.3 Å². The van der Waals surface area contributed by atoms with E-state index in [4.69, 9.17) is 22.9 Å². The second kappa shape index (κ2) is 10.6. The third-order valence-electron chi connectivity index (χ3n) is 9.83. The number of benzene rings is 2. The molecule has 2 unspecified atom stereocenters. The van der Waals surface area contributed by atoms with Crippen molar-refractivity contribution in [2.24, 2.45) is 40.2 Å². The monoisotopic (exact) mass is 657 g/mol. The van der Waals surface area contributed by atoms with Crippen molar-refractivity contribution in [3.05, 3.63) is 65.7 Å². The summed E-state index contributed by atoms with van der Waals surface area (Å²) in [6.07, 6.45) is -2.32. The number of phenolic OH excluding ortho intramolecular Hbond substituents is 1. The first kappa shape index (κ1) is 32.1. The van der Waals surface area contributed by atoms with E-state index in [0.29, 0.717) is 5.00 Å². The Bertz CT molecular complexity index is 1940. The molecule has 3 aliphatic rings. The van der Waals surface area contributed by atoms with Gasteiger partial charge in [0.15, 0.2) is 34.5 Å². The summed E-state index contributed by atoms with van der Waals surface area (Å²) in [4.78, 5) is 70.8. The van der Waals surface area contributed by atoms with Crippen LogP contribution >= 0.6 is 11.3 Å². The predicted octanol–water partition coefficient (Wildman–Crippen LogP) is -0.291. The lowest BCUT2D eigenvalue weighted by molar-refractivity contribution is -0.181. The van der Waals surface area contributed by atoms with Gasteiger partial charge in [0.05, 0.1) is 51.6 Å². The lowest BCUT2D eigenvalue weighted by Gasteiger charge is -2.64. The molecule has 0 radical (unpaired) electrons. The van der Waals surface area contributed by atoms with E-state index in [1.807, 2.05) is 36.4 Å². The van der Waals surface area contributed by atoms with Crippen molar-refractivity contribution in [1.29, 1.82) is 5.26 Å². The van der Waals surface area contributed by atoms with Gasteiger partial charge in [0.2, 0.25) is 5.91 Å². The third-order valence-corrected chi connectivity index (χ3v) is 10.9. The standard InChI is InChI=1S/C32H31N7O7S/c1-39(2)25-23(42)19(28(35)45)26(43)30(12-33)27(44)20-22(41)18-14(24(34)31(20,36)29(46)32(25,30)37)8-9-15(21(18)40)38-17-11-10-16(47-17)13-6-4-3-5-7-13/h3-11,19-20,24-25,29,38,40,46H,34,36-37H2,1-2H3,(H2,35,45)/t19?,20?,24-,25+,29-,30-,31+,32-/m0/s1. The lowest BCUT2D eigenvalue weighted by Crippen LogP contribution is -2.92. The van der Waals surface area contributed by atoms with Gasteiger partial charge >= 0.3 is 0 Å². The van der Waals surface area contributed by atoms with Crippen LogP contribution in [0.1, 0.15) is 22.0 Å². The first-order chi connectivity index (χ1) is 22.1. The van der Waals surface area contributed by atoms with Crippen LogP contribution in [0.15, 0.2) is 54.6 Å². The topological polar surface area (TPSA) is 269 Å². The number of aliphatic hydroxyl groups is 1. The van der Waals surface area contributed by atoms with Gasteiger partial charge in [-0.05, 0) is 43.4 Å². The number of nitriles is 1. The Labute approximate surface area is 271 Å². The number of rotatable bonds is 5. The van der Waals surface area contributed by atoms with Gasteiger partial charge in [-0.2, -0.15) is 5.26 Å². The minimum Gasteiger partial charge on any atom is -0.505 e. The van der Waals surface area contributed by atoms with Gasteiger partial charge in [0.1, 0.15) is 11.7 Å². The zero-order chi connectivity index (χ0) is 34.4. The quantitative estimate of drug-likeness (QED) is 0.137. The Kier molecular flexibility index (Phi) is 7.25. The number of carbonyl (C=O) groups is 5. The minimum atomic E-state index is -3.13. The fourth-order valence-electron chi connectivity index (χ4n) is 7.65. The second-order valence-electron chi connectivity index (χ2n) is 12.4. The molecule has 14 nitrogen and oxygen atoms in total. The molecule has 2 fully saturated rings. The smallest absolute Gasteiger partial charge is 0.235 e. The van der Waals surface area contributed by atoms with Crippen molar-refractivity contribution in [2.45, 2.75) is 29.3 Å². The molecule has 15 heteroatoms. The van der Waals surface area contributed by atoms with Crippen molar-refractivity contribution in [2.75, 3.05) is 19.4 Å². The average molecular weight is 658 g/mol. The minimum absolute atomic E-state index is 0.0438. The summed E-state index contributed by atoms with van der Waals surface area (Å²) >= 11 is 1.37. The summed E-state index contributed by atoms with van der Waals surface area (Å²) in [6, 6.07) is 14.2. The van der Waals surface area contributed by atoms with Gasteiger partial charge in [-0.3, -0.25) is 28.9 Å². The van der Waals surface area contributed by atoms with Crippen molar-refractivity contribution >= 4 is 51.1 Å². The van der Waals surface area contributed by atoms with Crippen LogP contribution in [0.3, 0.4) is 0 Å². The molecule has 0 spiro atoms. The summed E-state index contributed by atoms with van der Waals surface area (Å²) in [7, 11) is 2.65. The molecule has 0 bridgehead atoms. The summed E-state index contributed by atoms with van der Waals surface area (Å²) in [5.74, 6) is -11.8. The Morgan fingerprint density at radius 1 is 1.02 bits per heavy atom. The molecule has 1 amide bonds. The number of fused-ring (bicyclic) bond motifs is 3. The number of aliphatic hydroxyl groups excluding tert-OH is 1. The third kappa shape index (κ3) is 3.91. The van der Waals surface area contributed by atoms with E-state index in [1.54, 1.807) is 12.1 Å². The number of carbonyl (C=O) groups excluding carboxylic acids is 5. The lowest BCUT2D eigenvalue weighted by atomic mass is 9.41. The fraction of sp³-hybridized carbons (Fsp3) is 0.312. The number of Topliss-reactive ketones (excluding diaryl/α,β-unsaturated/α-hetero) is 4. The Morgan fingerprint density at radius 2 is 1.68 bits per heavy atom. The number of thiophene rings is 1. The van der Waals surface area contributed by atoms with E-state index in [9.17, 15) is 39.4 Å². The van der Waals surface area contributed by atoms with Gasteiger partial charge in [-0.25, -0.2) is 0 Å². The molecule has 1 heterocycles. The van der Waals surface area contributed by atoms with Crippen LogP contribution in [0.25, 0.3) is 10.4 Å². The molecule has 6 rings (SSSR count). The summed E-state index contributed by atoms with van der Waals surface area (Å²) < 4.78 is 0. The molecule has 1 aromatic heterocycles. The van der Waals surface area contributed by atoms with Crippen molar-refractivity contribution in [1.82, 2.24) is 4.90 Å². The number of phenols is 1. The molecule has 11 N–H and O–H groups in total. The van der Waals surface area contributed by atoms with Gasteiger partial charge < -0.3 is 38.5 Å². The maximum atomic E-state index is 14.6. The average Bonchev–Trinajstić information content (AvgIpc) is 3.49.